The number of oxazole rings is 1. The van der Waals surface area contributed by atoms with E-state index in [1.54, 1.807) is 6.92 Å². The number of aryl methyl sites for hydroxylation is 1. The molecule has 0 saturated heterocycles. The van der Waals surface area contributed by atoms with E-state index in [0.29, 0.717) is 16.7 Å². The lowest BCUT2D eigenvalue weighted by atomic mass is 10.2. The van der Waals surface area contributed by atoms with Gasteiger partial charge in [0.1, 0.15) is 5.52 Å². The predicted octanol–water partition coefficient (Wildman–Crippen LogP) is 1.63. The number of benzene rings is 1. The number of anilines is 1. The van der Waals surface area contributed by atoms with Gasteiger partial charge in [0.25, 0.3) is 11.7 Å². The number of nitrogen functional groups attached to an aromatic ring is 1. The Morgan fingerprint density at radius 2 is 2.29 bits per heavy atom. The normalized spacial score (nSPS) is 10.6. The molecule has 14 heavy (non-hydrogen) atoms. The molecule has 0 saturated carbocycles. The fraction of sp³-hybridized carbons (Fsp3) is 0.125. The summed E-state index contributed by atoms with van der Waals surface area (Å²) in [6, 6.07) is 2.76. The molecule has 2 rings (SSSR count). The monoisotopic (exact) mass is 193 g/mol. The maximum Gasteiger partial charge on any atom is 0.293 e. The number of nitro groups is 1. The summed E-state index contributed by atoms with van der Waals surface area (Å²) in [7, 11) is 0. The summed E-state index contributed by atoms with van der Waals surface area (Å²) in [5.74, 6) is 0. The van der Waals surface area contributed by atoms with Crippen molar-refractivity contribution in [3.05, 3.63) is 27.8 Å². The zero-order valence-electron chi connectivity index (χ0n) is 7.35. The molecule has 0 aliphatic carbocycles. The molecule has 0 spiro atoms. The van der Waals surface area contributed by atoms with Gasteiger partial charge in [-0.3, -0.25) is 10.1 Å². The Morgan fingerprint density at radius 3 is 2.93 bits per heavy atom. The van der Waals surface area contributed by atoms with Crippen molar-refractivity contribution in [1.29, 1.82) is 0 Å². The average molecular weight is 193 g/mol. The molecule has 0 fully saturated rings. The van der Waals surface area contributed by atoms with Crippen LogP contribution < -0.4 is 5.73 Å². The van der Waals surface area contributed by atoms with E-state index in [2.05, 4.69) is 4.98 Å². The number of non-ortho nitro benzene ring substituents is 1. The molecular formula is C8H7N3O3. The van der Waals surface area contributed by atoms with E-state index in [4.69, 9.17) is 10.2 Å². The average Bonchev–Trinajstić information content (AvgIpc) is 2.45. The van der Waals surface area contributed by atoms with Gasteiger partial charge in [0, 0.05) is 6.07 Å². The standard InChI is InChI=1S/C8H7N3O3/c1-4-2-5(11(12)13)3-6-7(4)10-8(9)14-6/h2-3H,1H3,(H2,9,10). The van der Waals surface area contributed by atoms with Crippen LogP contribution in [0.15, 0.2) is 16.5 Å². The Labute approximate surface area is 78.5 Å². The Balaban J connectivity index is 2.77. The van der Waals surface area contributed by atoms with Crippen molar-refractivity contribution in [2.75, 3.05) is 5.73 Å². The summed E-state index contributed by atoms with van der Waals surface area (Å²) in [5, 5.41) is 10.5. The molecule has 1 aromatic heterocycles. The second-order valence-corrected chi connectivity index (χ2v) is 2.92. The third-order valence-electron chi connectivity index (χ3n) is 1.90. The van der Waals surface area contributed by atoms with Crippen LogP contribution in [0.3, 0.4) is 0 Å². The number of nitro benzene ring substituents is 1. The number of fused-ring (bicyclic) bond motifs is 1. The van der Waals surface area contributed by atoms with Crippen molar-refractivity contribution in [1.82, 2.24) is 4.98 Å². The first kappa shape index (κ1) is 8.49. The summed E-state index contributed by atoms with van der Waals surface area (Å²) >= 11 is 0. The highest BCUT2D eigenvalue weighted by molar-refractivity contribution is 5.80. The fourth-order valence-corrected chi connectivity index (χ4v) is 1.30. The van der Waals surface area contributed by atoms with Crippen LogP contribution in [-0.4, -0.2) is 9.91 Å². The maximum atomic E-state index is 10.5. The number of rotatable bonds is 1. The summed E-state index contributed by atoms with van der Waals surface area (Å²) < 4.78 is 5.00. The first-order valence-corrected chi connectivity index (χ1v) is 3.89. The van der Waals surface area contributed by atoms with E-state index in [1.807, 2.05) is 0 Å². The smallest absolute Gasteiger partial charge is 0.293 e. The van der Waals surface area contributed by atoms with Gasteiger partial charge in [-0.2, -0.15) is 4.98 Å². The van der Waals surface area contributed by atoms with Crippen molar-refractivity contribution in [3.63, 3.8) is 0 Å². The minimum Gasteiger partial charge on any atom is -0.423 e. The SMILES string of the molecule is Cc1cc([N+](=O)[O-])cc2oc(N)nc12. The quantitative estimate of drug-likeness (QED) is 0.548. The van der Waals surface area contributed by atoms with Crippen LogP contribution >= 0.6 is 0 Å². The molecule has 2 aromatic rings. The fourth-order valence-electron chi connectivity index (χ4n) is 1.30. The van der Waals surface area contributed by atoms with Gasteiger partial charge in [-0.05, 0) is 12.5 Å². The molecule has 1 heterocycles. The van der Waals surface area contributed by atoms with Crippen LogP contribution in [0.2, 0.25) is 0 Å². The van der Waals surface area contributed by atoms with Gasteiger partial charge in [0.05, 0.1) is 11.0 Å². The second kappa shape index (κ2) is 2.69. The molecule has 0 atom stereocenters. The number of nitrogens with two attached hydrogens (primary N) is 1. The molecule has 2 N–H and O–H groups in total. The van der Waals surface area contributed by atoms with Crippen LogP contribution in [0.4, 0.5) is 11.7 Å². The Morgan fingerprint density at radius 1 is 1.57 bits per heavy atom. The van der Waals surface area contributed by atoms with Gasteiger partial charge in [-0.1, -0.05) is 0 Å². The lowest BCUT2D eigenvalue weighted by Gasteiger charge is -1.93. The van der Waals surface area contributed by atoms with E-state index in [9.17, 15) is 10.1 Å². The molecule has 0 bridgehead atoms. The Bertz CT molecular complexity index is 518. The molecule has 0 radical (unpaired) electrons. The van der Waals surface area contributed by atoms with Crippen LogP contribution in [0.5, 0.6) is 0 Å². The van der Waals surface area contributed by atoms with Gasteiger partial charge in [-0.25, -0.2) is 0 Å². The van der Waals surface area contributed by atoms with Gasteiger partial charge >= 0.3 is 0 Å². The summed E-state index contributed by atoms with van der Waals surface area (Å²) in [6.07, 6.45) is 0. The van der Waals surface area contributed by atoms with Gasteiger partial charge in [0.15, 0.2) is 5.58 Å². The molecule has 6 heteroatoms. The molecule has 0 amide bonds. The molecule has 0 aliphatic heterocycles. The van der Waals surface area contributed by atoms with Gasteiger partial charge < -0.3 is 10.2 Å². The lowest BCUT2D eigenvalue weighted by molar-refractivity contribution is -0.384. The third-order valence-corrected chi connectivity index (χ3v) is 1.90. The second-order valence-electron chi connectivity index (χ2n) is 2.92. The lowest BCUT2D eigenvalue weighted by Crippen LogP contribution is -1.88. The summed E-state index contributed by atoms with van der Waals surface area (Å²) in [4.78, 5) is 13.9. The van der Waals surface area contributed by atoms with Crippen molar-refractivity contribution < 1.29 is 9.34 Å². The third kappa shape index (κ3) is 1.17. The number of hydrogen-bond donors (Lipinski definition) is 1. The van der Waals surface area contributed by atoms with E-state index >= 15 is 0 Å². The first-order chi connectivity index (χ1) is 6.58. The molecule has 0 aliphatic rings. The van der Waals surface area contributed by atoms with E-state index in [-0.39, 0.29) is 11.7 Å². The van der Waals surface area contributed by atoms with Crippen LogP contribution in [0.1, 0.15) is 5.56 Å². The van der Waals surface area contributed by atoms with E-state index < -0.39 is 4.92 Å². The highest BCUT2D eigenvalue weighted by Gasteiger charge is 2.13. The van der Waals surface area contributed by atoms with Crippen molar-refractivity contribution in [2.45, 2.75) is 6.92 Å². The highest BCUT2D eigenvalue weighted by Crippen LogP contribution is 2.25. The maximum absolute atomic E-state index is 10.5. The van der Waals surface area contributed by atoms with E-state index in [1.165, 1.54) is 12.1 Å². The van der Waals surface area contributed by atoms with Crippen molar-refractivity contribution in [3.8, 4) is 0 Å². The molecule has 72 valence electrons. The highest BCUT2D eigenvalue weighted by atomic mass is 16.6. The zero-order chi connectivity index (χ0) is 10.3. The largest absolute Gasteiger partial charge is 0.423 e. The van der Waals surface area contributed by atoms with Gasteiger partial charge in [-0.15, -0.1) is 0 Å². The zero-order valence-corrected chi connectivity index (χ0v) is 7.35. The van der Waals surface area contributed by atoms with Crippen LogP contribution in [0, 0.1) is 17.0 Å². The number of aromatic nitrogens is 1. The van der Waals surface area contributed by atoms with Crippen molar-refractivity contribution >= 4 is 22.8 Å². The Hall–Kier alpha value is -2.11. The summed E-state index contributed by atoms with van der Waals surface area (Å²) in [6.45, 7) is 1.72. The number of nitrogens with zero attached hydrogens (tertiary/aromatic N) is 2. The number of hydrogen-bond acceptors (Lipinski definition) is 5. The molecule has 6 nitrogen and oxygen atoms in total. The predicted molar refractivity (Wildman–Crippen MR) is 49.8 cm³/mol. The summed E-state index contributed by atoms with van der Waals surface area (Å²) in [5.41, 5.74) is 6.90. The van der Waals surface area contributed by atoms with Crippen molar-refractivity contribution in [2.24, 2.45) is 0 Å². The van der Waals surface area contributed by atoms with Crippen LogP contribution in [-0.2, 0) is 0 Å². The first-order valence-electron chi connectivity index (χ1n) is 3.89. The minimum atomic E-state index is -0.481. The molecule has 1 aromatic carbocycles. The topological polar surface area (TPSA) is 95.2 Å². The molecule has 0 unspecified atom stereocenters. The van der Waals surface area contributed by atoms with Crippen LogP contribution in [0.25, 0.3) is 11.1 Å². The minimum absolute atomic E-state index is 0.0172. The Kier molecular flexibility index (Phi) is 1.63. The molecular weight excluding hydrogens is 186 g/mol. The van der Waals surface area contributed by atoms with Gasteiger partial charge in [0.2, 0.25) is 0 Å². The van der Waals surface area contributed by atoms with E-state index in [0.717, 1.165) is 0 Å².